The van der Waals surface area contributed by atoms with E-state index in [4.69, 9.17) is 9.47 Å². The first kappa shape index (κ1) is 18.5. The predicted molar refractivity (Wildman–Crippen MR) is 92.5 cm³/mol. The van der Waals surface area contributed by atoms with Crippen LogP contribution in [0.2, 0.25) is 0 Å². The highest BCUT2D eigenvalue weighted by molar-refractivity contribution is 7.89. The summed E-state index contributed by atoms with van der Waals surface area (Å²) in [5.41, 5.74) is 1.01. The van der Waals surface area contributed by atoms with E-state index in [1.54, 1.807) is 24.3 Å². The van der Waals surface area contributed by atoms with Crippen molar-refractivity contribution >= 4 is 15.8 Å². The van der Waals surface area contributed by atoms with Gasteiger partial charge < -0.3 is 9.47 Å². The van der Waals surface area contributed by atoms with E-state index >= 15 is 0 Å². The normalized spacial score (nSPS) is 30.0. The smallest absolute Gasteiger partial charge is 0.243 e. The van der Waals surface area contributed by atoms with E-state index < -0.39 is 10.0 Å². The molecule has 1 saturated heterocycles. The van der Waals surface area contributed by atoms with Crippen LogP contribution in [0.5, 0.6) is 0 Å². The molecular formula is C18H25NO5S. The number of nitrogens with zero attached hydrogens (tertiary/aromatic N) is 1. The SMILES string of the molecule is COCOC[C@@H]1[C@@H]2CC(=O)[C@H](C)[C@@H]2CN1S(=O)(=O)c1ccc(C)cc1. The maximum absolute atomic E-state index is 13.2. The zero-order valence-electron chi connectivity index (χ0n) is 14.8. The second kappa shape index (κ2) is 7.15. The summed E-state index contributed by atoms with van der Waals surface area (Å²) >= 11 is 0. The standard InChI is InChI=1S/C18H25NO5S/c1-12-4-6-14(7-5-12)25(21,22)19-9-16-13(2)18(20)8-15(16)17(19)10-24-11-23-3/h4-7,13,15-17H,8-11H2,1-3H3/t13-,15-,16+,17-/m1/s1. The molecule has 1 aromatic carbocycles. The number of rotatable bonds is 6. The Bertz CT molecular complexity index is 730. The Morgan fingerprint density at radius 1 is 1.20 bits per heavy atom. The number of ketones is 1. The first-order valence-electron chi connectivity index (χ1n) is 8.54. The van der Waals surface area contributed by atoms with E-state index in [9.17, 15) is 13.2 Å². The molecule has 0 radical (unpaired) electrons. The highest BCUT2D eigenvalue weighted by Gasteiger charge is 2.54. The molecule has 0 bridgehead atoms. The fourth-order valence-corrected chi connectivity index (χ4v) is 5.72. The predicted octanol–water partition coefficient (Wildman–Crippen LogP) is 1.83. The topological polar surface area (TPSA) is 72.9 Å². The van der Waals surface area contributed by atoms with Gasteiger partial charge in [0.1, 0.15) is 12.6 Å². The van der Waals surface area contributed by atoms with Crippen LogP contribution >= 0.6 is 0 Å². The van der Waals surface area contributed by atoms with Crippen LogP contribution in [0.15, 0.2) is 29.2 Å². The molecule has 2 fully saturated rings. The average molecular weight is 367 g/mol. The van der Waals surface area contributed by atoms with Crippen molar-refractivity contribution in [2.75, 3.05) is 27.1 Å². The van der Waals surface area contributed by atoms with Gasteiger partial charge in [0.2, 0.25) is 10.0 Å². The molecule has 0 amide bonds. The molecule has 0 N–H and O–H groups in total. The molecular weight excluding hydrogens is 342 g/mol. The Labute approximate surface area is 149 Å². The van der Waals surface area contributed by atoms with Gasteiger partial charge in [-0.05, 0) is 30.9 Å². The van der Waals surface area contributed by atoms with Crippen molar-refractivity contribution in [2.45, 2.75) is 31.2 Å². The van der Waals surface area contributed by atoms with Crippen molar-refractivity contribution in [1.82, 2.24) is 4.31 Å². The van der Waals surface area contributed by atoms with Crippen LogP contribution in [0, 0.1) is 24.7 Å². The highest BCUT2D eigenvalue weighted by atomic mass is 32.2. The van der Waals surface area contributed by atoms with Gasteiger partial charge in [-0.15, -0.1) is 0 Å². The molecule has 1 heterocycles. The van der Waals surface area contributed by atoms with Crippen molar-refractivity contribution in [3.8, 4) is 0 Å². The van der Waals surface area contributed by atoms with Crippen molar-refractivity contribution in [1.29, 1.82) is 0 Å². The lowest BCUT2D eigenvalue weighted by molar-refractivity contribution is -0.121. The van der Waals surface area contributed by atoms with Crippen LogP contribution in [0.4, 0.5) is 0 Å². The van der Waals surface area contributed by atoms with Crippen molar-refractivity contribution < 1.29 is 22.7 Å². The average Bonchev–Trinajstić information content (AvgIpc) is 3.06. The molecule has 0 aromatic heterocycles. The molecule has 1 aromatic rings. The molecule has 0 spiro atoms. The number of methoxy groups -OCH3 is 1. The Balaban J connectivity index is 1.90. The number of carbonyl (C=O) groups is 1. The first-order valence-corrected chi connectivity index (χ1v) is 9.98. The molecule has 0 unspecified atom stereocenters. The van der Waals surface area contributed by atoms with Gasteiger partial charge in [-0.1, -0.05) is 24.6 Å². The van der Waals surface area contributed by atoms with E-state index in [2.05, 4.69) is 0 Å². The maximum atomic E-state index is 13.2. The van der Waals surface area contributed by atoms with Crippen LogP contribution in [0.3, 0.4) is 0 Å². The third-order valence-electron chi connectivity index (χ3n) is 5.51. The van der Waals surface area contributed by atoms with Crippen LogP contribution in [-0.4, -0.2) is 51.6 Å². The number of fused-ring (bicyclic) bond motifs is 1. The minimum absolute atomic E-state index is 0.0135. The van der Waals surface area contributed by atoms with Gasteiger partial charge in [0, 0.05) is 26.0 Å². The maximum Gasteiger partial charge on any atom is 0.243 e. The number of Topliss-reactive ketones (excluding diaryl/α,β-unsaturated/α-hetero) is 1. The summed E-state index contributed by atoms with van der Waals surface area (Å²) in [4.78, 5) is 12.4. The van der Waals surface area contributed by atoms with Gasteiger partial charge in [0.15, 0.2) is 0 Å². The zero-order chi connectivity index (χ0) is 18.2. The quantitative estimate of drug-likeness (QED) is 0.567. The van der Waals surface area contributed by atoms with Crippen LogP contribution in [-0.2, 0) is 24.3 Å². The lowest BCUT2D eigenvalue weighted by Gasteiger charge is -2.27. The molecule has 1 aliphatic carbocycles. The van der Waals surface area contributed by atoms with Crippen LogP contribution in [0.25, 0.3) is 0 Å². The number of ether oxygens (including phenoxy) is 2. The van der Waals surface area contributed by atoms with Crippen molar-refractivity contribution in [2.24, 2.45) is 17.8 Å². The molecule has 1 aliphatic heterocycles. The first-order chi connectivity index (χ1) is 11.9. The summed E-state index contributed by atoms with van der Waals surface area (Å²) in [5, 5.41) is 0. The van der Waals surface area contributed by atoms with Gasteiger partial charge >= 0.3 is 0 Å². The number of hydrogen-bond donors (Lipinski definition) is 0. The molecule has 138 valence electrons. The zero-order valence-corrected chi connectivity index (χ0v) is 15.7. The number of carbonyl (C=O) groups excluding carboxylic acids is 1. The summed E-state index contributed by atoms with van der Waals surface area (Å²) in [6.07, 6.45) is 0.423. The van der Waals surface area contributed by atoms with E-state index in [1.165, 1.54) is 11.4 Å². The number of aryl methyl sites for hydroxylation is 1. The van der Waals surface area contributed by atoms with E-state index in [1.807, 2.05) is 13.8 Å². The van der Waals surface area contributed by atoms with Gasteiger partial charge in [-0.2, -0.15) is 4.31 Å². The molecule has 25 heavy (non-hydrogen) atoms. The van der Waals surface area contributed by atoms with Crippen molar-refractivity contribution in [3.05, 3.63) is 29.8 Å². The lowest BCUT2D eigenvalue weighted by Crippen LogP contribution is -2.41. The summed E-state index contributed by atoms with van der Waals surface area (Å²) in [6.45, 7) is 4.54. The fraction of sp³-hybridized carbons (Fsp3) is 0.611. The number of benzene rings is 1. The van der Waals surface area contributed by atoms with E-state index in [0.717, 1.165) is 5.56 Å². The van der Waals surface area contributed by atoms with Gasteiger partial charge in [-0.3, -0.25) is 4.79 Å². The summed E-state index contributed by atoms with van der Waals surface area (Å²) < 4.78 is 38.3. The molecule has 4 atom stereocenters. The van der Waals surface area contributed by atoms with Crippen LogP contribution < -0.4 is 0 Å². The van der Waals surface area contributed by atoms with Gasteiger partial charge in [0.25, 0.3) is 0 Å². The highest BCUT2D eigenvalue weighted by Crippen LogP contribution is 2.45. The summed E-state index contributed by atoms with van der Waals surface area (Å²) in [5.74, 6) is 0.190. The van der Waals surface area contributed by atoms with E-state index in [-0.39, 0.29) is 47.9 Å². The summed E-state index contributed by atoms with van der Waals surface area (Å²) in [7, 11) is -2.10. The molecule has 1 saturated carbocycles. The van der Waals surface area contributed by atoms with Gasteiger partial charge in [-0.25, -0.2) is 8.42 Å². The minimum atomic E-state index is -3.62. The Morgan fingerprint density at radius 2 is 1.88 bits per heavy atom. The molecule has 7 heteroatoms. The molecule has 3 rings (SSSR count). The number of sulfonamides is 1. The van der Waals surface area contributed by atoms with Crippen LogP contribution in [0.1, 0.15) is 18.9 Å². The molecule has 2 aliphatic rings. The van der Waals surface area contributed by atoms with Gasteiger partial charge in [0.05, 0.1) is 17.5 Å². The Kier molecular flexibility index (Phi) is 5.29. The van der Waals surface area contributed by atoms with E-state index in [0.29, 0.717) is 13.0 Å². The van der Waals surface area contributed by atoms with Crippen molar-refractivity contribution in [3.63, 3.8) is 0 Å². The largest absolute Gasteiger partial charge is 0.359 e. The monoisotopic (exact) mass is 367 g/mol. The number of hydrogen-bond acceptors (Lipinski definition) is 5. The third-order valence-corrected chi connectivity index (χ3v) is 7.41. The second-order valence-corrected chi connectivity index (χ2v) is 8.91. The second-order valence-electron chi connectivity index (χ2n) is 7.02. The Morgan fingerprint density at radius 3 is 2.52 bits per heavy atom. The Hall–Kier alpha value is -1.28. The summed E-state index contributed by atoms with van der Waals surface area (Å²) in [6, 6.07) is 6.54. The third kappa shape index (κ3) is 3.38. The minimum Gasteiger partial charge on any atom is -0.359 e. The fourth-order valence-electron chi connectivity index (χ4n) is 4.03. The molecule has 6 nitrogen and oxygen atoms in total. The lowest BCUT2D eigenvalue weighted by atomic mass is 9.90.